The van der Waals surface area contributed by atoms with Crippen molar-refractivity contribution in [1.82, 2.24) is 14.9 Å². The maximum Gasteiger partial charge on any atom is 0.269 e. The maximum atomic E-state index is 14.3. The third-order valence-corrected chi connectivity index (χ3v) is 5.10. The van der Waals surface area contributed by atoms with Gasteiger partial charge < -0.3 is 9.88 Å². The van der Waals surface area contributed by atoms with E-state index >= 15 is 0 Å². The van der Waals surface area contributed by atoms with E-state index in [1.807, 2.05) is 0 Å². The molecule has 3 rings (SSSR count). The number of nitro groups is 1. The molecular weight excluding hydrogens is 383 g/mol. The molecule has 0 fully saturated rings. The van der Waals surface area contributed by atoms with E-state index in [2.05, 4.69) is 10.3 Å². The summed E-state index contributed by atoms with van der Waals surface area (Å²) in [6, 6.07) is 10.8. The van der Waals surface area contributed by atoms with Gasteiger partial charge >= 0.3 is 0 Å². The Morgan fingerprint density at radius 1 is 1.32 bits per heavy atom. The lowest BCUT2D eigenvalue weighted by atomic mass is 10.2. The maximum absolute atomic E-state index is 14.3. The second-order valence-corrected chi connectivity index (χ2v) is 7.40. The van der Waals surface area contributed by atoms with Crippen LogP contribution in [-0.2, 0) is 11.3 Å². The Morgan fingerprint density at radius 3 is 2.68 bits per heavy atom. The second kappa shape index (κ2) is 8.66. The predicted molar refractivity (Wildman–Crippen MR) is 104 cm³/mol. The fraction of sp³-hybridized carbons (Fsp3) is 0.158. The molecule has 2 aromatic carbocycles. The SMILES string of the molecule is C[C@H](Sc1ccc([N+](=O)[O-])cc1)C(=O)NCc1ccc(-n2ccnc2)c(F)c1. The number of hydrogen-bond acceptors (Lipinski definition) is 5. The average molecular weight is 400 g/mol. The highest BCUT2D eigenvalue weighted by Gasteiger charge is 2.15. The van der Waals surface area contributed by atoms with Gasteiger partial charge in [0.05, 0.1) is 22.2 Å². The molecule has 1 amide bonds. The van der Waals surface area contributed by atoms with Gasteiger partial charge in [0.2, 0.25) is 5.91 Å². The number of thioether (sulfide) groups is 1. The van der Waals surface area contributed by atoms with Gasteiger partial charge in [0.15, 0.2) is 0 Å². The minimum absolute atomic E-state index is 0.00243. The number of amides is 1. The standard InChI is InChI=1S/C19H17FN4O3S/c1-13(28-16-5-3-15(4-6-16)24(26)27)19(25)22-11-14-2-7-18(17(20)10-14)23-9-8-21-12-23/h2-10,12-13H,11H2,1H3,(H,22,25)/t13-/m0/s1. The van der Waals surface area contributed by atoms with Crippen LogP contribution in [0.3, 0.4) is 0 Å². The normalized spacial score (nSPS) is 11.8. The number of rotatable bonds is 7. The number of halogens is 1. The molecule has 0 radical (unpaired) electrons. The molecule has 0 aliphatic heterocycles. The van der Waals surface area contributed by atoms with Crippen molar-refractivity contribution in [3.05, 3.63) is 82.7 Å². The smallest absolute Gasteiger partial charge is 0.269 e. The molecule has 1 N–H and O–H groups in total. The lowest BCUT2D eigenvalue weighted by Crippen LogP contribution is -2.30. The Bertz CT molecular complexity index is 977. The highest BCUT2D eigenvalue weighted by molar-refractivity contribution is 8.00. The van der Waals surface area contributed by atoms with E-state index in [0.29, 0.717) is 11.3 Å². The Balaban J connectivity index is 1.56. The zero-order valence-corrected chi connectivity index (χ0v) is 15.7. The first-order chi connectivity index (χ1) is 13.4. The lowest BCUT2D eigenvalue weighted by Gasteiger charge is -2.13. The molecule has 0 unspecified atom stereocenters. The fourth-order valence-electron chi connectivity index (χ4n) is 2.51. The Morgan fingerprint density at radius 2 is 2.07 bits per heavy atom. The monoisotopic (exact) mass is 400 g/mol. The summed E-state index contributed by atoms with van der Waals surface area (Å²) < 4.78 is 15.8. The van der Waals surface area contributed by atoms with Crippen molar-refractivity contribution >= 4 is 23.4 Å². The summed E-state index contributed by atoms with van der Waals surface area (Å²) >= 11 is 1.29. The van der Waals surface area contributed by atoms with Crippen LogP contribution in [0.15, 0.2) is 66.1 Å². The predicted octanol–water partition coefficient (Wildman–Crippen LogP) is 3.72. The van der Waals surface area contributed by atoms with Gasteiger partial charge in [0.1, 0.15) is 5.82 Å². The van der Waals surface area contributed by atoms with Gasteiger partial charge in [-0.3, -0.25) is 14.9 Å². The number of carbonyl (C=O) groups is 1. The van der Waals surface area contributed by atoms with Crippen LogP contribution in [0.2, 0.25) is 0 Å². The van der Waals surface area contributed by atoms with Crippen molar-refractivity contribution in [2.24, 2.45) is 0 Å². The Hall–Kier alpha value is -3.20. The van der Waals surface area contributed by atoms with Crippen molar-refractivity contribution in [1.29, 1.82) is 0 Å². The van der Waals surface area contributed by atoms with E-state index in [0.717, 1.165) is 4.90 Å². The summed E-state index contributed by atoms with van der Waals surface area (Å²) in [6.07, 6.45) is 4.73. The number of carbonyl (C=O) groups excluding carboxylic acids is 1. The zero-order valence-electron chi connectivity index (χ0n) is 14.9. The third-order valence-electron chi connectivity index (χ3n) is 3.99. The molecule has 1 atom stereocenters. The van der Waals surface area contributed by atoms with Crippen molar-refractivity contribution in [3.8, 4) is 5.69 Å². The van der Waals surface area contributed by atoms with Crippen LogP contribution in [0.25, 0.3) is 5.69 Å². The molecule has 0 saturated heterocycles. The summed E-state index contributed by atoms with van der Waals surface area (Å²) in [4.78, 5) is 27.1. The molecule has 0 saturated carbocycles. The van der Waals surface area contributed by atoms with Gasteiger partial charge in [-0.15, -0.1) is 11.8 Å². The van der Waals surface area contributed by atoms with Crippen LogP contribution < -0.4 is 5.32 Å². The molecular formula is C19H17FN4O3S. The average Bonchev–Trinajstić information content (AvgIpc) is 3.21. The number of aromatic nitrogens is 2. The number of non-ortho nitro benzene ring substituents is 1. The summed E-state index contributed by atoms with van der Waals surface area (Å²) in [5, 5.41) is 13.0. The van der Waals surface area contributed by atoms with E-state index in [-0.39, 0.29) is 18.1 Å². The number of nitrogens with zero attached hydrogens (tertiary/aromatic N) is 3. The molecule has 9 heteroatoms. The number of imidazole rings is 1. The topological polar surface area (TPSA) is 90.1 Å². The van der Waals surface area contributed by atoms with Crippen LogP contribution >= 0.6 is 11.8 Å². The van der Waals surface area contributed by atoms with Gasteiger partial charge in [0, 0.05) is 36.0 Å². The van der Waals surface area contributed by atoms with Crippen molar-refractivity contribution < 1.29 is 14.1 Å². The van der Waals surface area contributed by atoms with E-state index < -0.39 is 16.0 Å². The van der Waals surface area contributed by atoms with Gasteiger partial charge in [-0.2, -0.15) is 0 Å². The van der Waals surface area contributed by atoms with Gasteiger partial charge in [0.25, 0.3) is 5.69 Å². The van der Waals surface area contributed by atoms with E-state index in [9.17, 15) is 19.3 Å². The van der Waals surface area contributed by atoms with Gasteiger partial charge in [-0.05, 0) is 36.8 Å². The second-order valence-electron chi connectivity index (χ2n) is 5.98. The minimum Gasteiger partial charge on any atom is -0.351 e. The highest BCUT2D eigenvalue weighted by Crippen LogP contribution is 2.25. The molecule has 1 aromatic heterocycles. The lowest BCUT2D eigenvalue weighted by molar-refractivity contribution is -0.384. The largest absolute Gasteiger partial charge is 0.351 e. The molecule has 3 aromatic rings. The summed E-state index contributed by atoms with van der Waals surface area (Å²) in [5.74, 6) is -0.611. The van der Waals surface area contributed by atoms with Crippen molar-refractivity contribution in [2.75, 3.05) is 0 Å². The first-order valence-corrected chi connectivity index (χ1v) is 9.27. The third kappa shape index (κ3) is 4.74. The van der Waals surface area contributed by atoms with Crippen LogP contribution in [0.5, 0.6) is 0 Å². The molecule has 0 aliphatic carbocycles. The molecule has 0 spiro atoms. The molecule has 0 bridgehead atoms. The number of nitro benzene ring substituents is 1. The number of benzene rings is 2. The molecule has 1 heterocycles. The molecule has 7 nitrogen and oxygen atoms in total. The van der Waals surface area contributed by atoms with E-state index in [1.54, 1.807) is 48.1 Å². The first kappa shape index (κ1) is 19.6. The highest BCUT2D eigenvalue weighted by atomic mass is 32.2. The summed E-state index contributed by atoms with van der Waals surface area (Å²) in [7, 11) is 0. The number of nitrogens with one attached hydrogen (secondary N) is 1. The fourth-order valence-corrected chi connectivity index (χ4v) is 3.40. The summed E-state index contributed by atoms with van der Waals surface area (Å²) in [5.41, 5.74) is 1.03. The van der Waals surface area contributed by atoms with Crippen LogP contribution in [0, 0.1) is 15.9 Å². The Kier molecular flexibility index (Phi) is 6.05. The quantitative estimate of drug-likeness (QED) is 0.371. The van der Waals surface area contributed by atoms with Crippen molar-refractivity contribution in [2.45, 2.75) is 23.6 Å². The Labute approximate surface area is 164 Å². The van der Waals surface area contributed by atoms with Gasteiger partial charge in [-0.1, -0.05) is 6.07 Å². The summed E-state index contributed by atoms with van der Waals surface area (Å²) in [6.45, 7) is 1.94. The number of hydrogen-bond donors (Lipinski definition) is 1. The molecule has 144 valence electrons. The van der Waals surface area contributed by atoms with Crippen LogP contribution in [-0.4, -0.2) is 25.6 Å². The van der Waals surface area contributed by atoms with E-state index in [4.69, 9.17) is 0 Å². The molecule has 28 heavy (non-hydrogen) atoms. The first-order valence-electron chi connectivity index (χ1n) is 8.39. The zero-order chi connectivity index (χ0) is 20.1. The minimum atomic E-state index is -0.470. The van der Waals surface area contributed by atoms with Gasteiger partial charge in [-0.25, -0.2) is 9.37 Å². The van der Waals surface area contributed by atoms with Crippen LogP contribution in [0.4, 0.5) is 10.1 Å². The van der Waals surface area contributed by atoms with E-state index in [1.165, 1.54) is 36.3 Å². The van der Waals surface area contributed by atoms with Crippen molar-refractivity contribution in [3.63, 3.8) is 0 Å². The van der Waals surface area contributed by atoms with Crippen LogP contribution in [0.1, 0.15) is 12.5 Å². The molecule has 0 aliphatic rings.